The Labute approximate surface area is 193 Å². The van der Waals surface area contributed by atoms with Gasteiger partial charge >= 0.3 is 6.36 Å². The molecule has 5 rings (SSSR count). The molecule has 0 unspecified atom stereocenters. The number of fused-ring (bicyclic) bond motifs is 1. The third kappa shape index (κ3) is 3.98. The van der Waals surface area contributed by atoms with Crippen LogP contribution in [0.5, 0.6) is 17.2 Å². The second kappa shape index (κ2) is 8.30. The fraction of sp³-hybridized carbons (Fsp3) is 0.150. The highest BCUT2D eigenvalue weighted by molar-refractivity contribution is 7.19. The average Bonchev–Trinajstić information content (AvgIpc) is 3.55. The molecule has 0 saturated heterocycles. The van der Waals surface area contributed by atoms with Gasteiger partial charge in [0.25, 0.3) is 0 Å². The van der Waals surface area contributed by atoms with E-state index in [-0.39, 0.29) is 0 Å². The minimum absolute atomic E-state index is 0.348. The zero-order valence-corrected chi connectivity index (χ0v) is 18.3. The van der Waals surface area contributed by atoms with Crippen LogP contribution in [0, 0.1) is 0 Å². The van der Waals surface area contributed by atoms with Crippen LogP contribution in [0.15, 0.2) is 49.1 Å². The number of aromatic nitrogens is 7. The first-order chi connectivity index (χ1) is 16.4. The van der Waals surface area contributed by atoms with Crippen molar-refractivity contribution in [3.63, 3.8) is 0 Å². The van der Waals surface area contributed by atoms with Gasteiger partial charge in [-0.15, -0.1) is 23.4 Å². The van der Waals surface area contributed by atoms with E-state index in [0.717, 1.165) is 11.3 Å². The third-order valence-corrected chi connectivity index (χ3v) is 5.66. The fourth-order valence-corrected chi connectivity index (χ4v) is 4.16. The highest BCUT2D eigenvalue weighted by atomic mass is 32.1. The van der Waals surface area contributed by atoms with Crippen LogP contribution < -0.4 is 14.2 Å². The molecule has 0 atom stereocenters. The highest BCUT2D eigenvalue weighted by Gasteiger charge is 2.31. The molecule has 0 radical (unpaired) electrons. The van der Waals surface area contributed by atoms with Crippen LogP contribution in [0.25, 0.3) is 32.6 Å². The summed E-state index contributed by atoms with van der Waals surface area (Å²) in [5.41, 5.74) is 1.47. The molecular weight excluding hydrogens is 475 g/mol. The molecule has 0 amide bonds. The Morgan fingerprint density at radius 3 is 2.50 bits per heavy atom. The molecule has 3 aromatic heterocycles. The van der Waals surface area contributed by atoms with Crippen molar-refractivity contribution in [2.24, 2.45) is 0 Å². The SMILES string of the molecule is COc1ccc(-c2nnc3sc(-c4cc(OC(F)(F)F)ccc4-n4cncn4)nn23)cc1OC. The minimum Gasteiger partial charge on any atom is -0.493 e. The quantitative estimate of drug-likeness (QED) is 0.353. The number of ether oxygens (including phenoxy) is 3. The molecule has 5 aromatic rings. The lowest BCUT2D eigenvalue weighted by molar-refractivity contribution is -0.274. The molecule has 0 aliphatic heterocycles. The maximum atomic E-state index is 12.8. The number of hydrogen-bond donors (Lipinski definition) is 0. The highest BCUT2D eigenvalue weighted by Crippen LogP contribution is 2.37. The van der Waals surface area contributed by atoms with Crippen molar-refractivity contribution in [1.29, 1.82) is 0 Å². The second-order valence-electron chi connectivity index (χ2n) is 6.76. The van der Waals surface area contributed by atoms with Crippen LogP contribution in [-0.2, 0) is 0 Å². The zero-order chi connectivity index (χ0) is 23.9. The lowest BCUT2D eigenvalue weighted by atomic mass is 10.1. The van der Waals surface area contributed by atoms with E-state index in [2.05, 4.69) is 30.1 Å². The van der Waals surface area contributed by atoms with Gasteiger partial charge in [-0.2, -0.15) is 14.7 Å². The molecule has 0 spiro atoms. The van der Waals surface area contributed by atoms with Crippen LogP contribution >= 0.6 is 11.3 Å². The molecule has 2 aromatic carbocycles. The summed E-state index contributed by atoms with van der Waals surface area (Å²) in [6.07, 6.45) is -2.09. The molecule has 174 valence electrons. The van der Waals surface area contributed by atoms with Crippen molar-refractivity contribution in [1.82, 2.24) is 34.6 Å². The summed E-state index contributed by atoms with van der Waals surface area (Å²) in [5, 5.41) is 17.4. The Morgan fingerprint density at radius 1 is 0.971 bits per heavy atom. The minimum atomic E-state index is -4.84. The van der Waals surface area contributed by atoms with Gasteiger partial charge in [-0.3, -0.25) is 0 Å². The van der Waals surface area contributed by atoms with Gasteiger partial charge in [-0.1, -0.05) is 11.3 Å². The van der Waals surface area contributed by atoms with Crippen molar-refractivity contribution >= 4 is 16.3 Å². The summed E-state index contributed by atoms with van der Waals surface area (Å²) in [4.78, 5) is 4.34. The number of halogens is 3. The molecule has 0 fully saturated rings. The molecule has 0 saturated carbocycles. The summed E-state index contributed by atoms with van der Waals surface area (Å²) >= 11 is 1.15. The number of nitrogens with zero attached hydrogens (tertiary/aromatic N) is 7. The topological polar surface area (TPSA) is 101 Å². The monoisotopic (exact) mass is 489 g/mol. The van der Waals surface area contributed by atoms with E-state index in [0.29, 0.717) is 44.1 Å². The normalized spacial score (nSPS) is 11.7. The number of rotatable bonds is 6. The van der Waals surface area contributed by atoms with Crippen molar-refractivity contribution in [3.05, 3.63) is 49.1 Å². The van der Waals surface area contributed by atoms with E-state index in [1.54, 1.807) is 18.2 Å². The Morgan fingerprint density at radius 2 is 1.79 bits per heavy atom. The first-order valence-electron chi connectivity index (χ1n) is 9.56. The van der Waals surface area contributed by atoms with Crippen LogP contribution in [0.3, 0.4) is 0 Å². The number of benzene rings is 2. The van der Waals surface area contributed by atoms with Crippen LogP contribution in [0.1, 0.15) is 0 Å². The predicted octanol–water partition coefficient (Wildman–Crippen LogP) is 4.02. The molecule has 3 heterocycles. The summed E-state index contributed by atoms with van der Waals surface area (Å²) in [6.45, 7) is 0. The molecule has 0 bridgehead atoms. The Kier molecular flexibility index (Phi) is 5.28. The predicted molar refractivity (Wildman–Crippen MR) is 114 cm³/mol. The van der Waals surface area contributed by atoms with Crippen molar-refractivity contribution in [3.8, 4) is 44.9 Å². The zero-order valence-electron chi connectivity index (χ0n) is 17.5. The number of methoxy groups -OCH3 is 2. The second-order valence-corrected chi connectivity index (χ2v) is 7.72. The van der Waals surface area contributed by atoms with Crippen LogP contribution in [0.2, 0.25) is 0 Å². The van der Waals surface area contributed by atoms with Gasteiger partial charge in [0.1, 0.15) is 23.4 Å². The molecule has 0 N–H and O–H groups in total. The molecule has 0 aliphatic rings. The Balaban J connectivity index is 1.63. The lowest BCUT2D eigenvalue weighted by Gasteiger charge is -2.12. The number of hydrogen-bond acceptors (Lipinski definition) is 9. The first-order valence-corrected chi connectivity index (χ1v) is 10.4. The molecule has 34 heavy (non-hydrogen) atoms. The van der Waals surface area contributed by atoms with Gasteiger partial charge in [0, 0.05) is 11.1 Å². The summed E-state index contributed by atoms with van der Waals surface area (Å²) in [5.74, 6) is 1.07. The molecule has 0 aliphatic carbocycles. The van der Waals surface area contributed by atoms with E-state index >= 15 is 0 Å². The summed E-state index contributed by atoms with van der Waals surface area (Å²) < 4.78 is 56.1. The Hall–Kier alpha value is -4.20. The standard InChI is InChI=1S/C20H14F3N7O3S/c1-31-15-6-3-11(7-16(15)32-2)17-26-27-19-30(17)28-18(34-19)13-8-12(33-20(21,22)23)4-5-14(13)29-10-24-9-25-29/h3-10H,1-2H3. The summed E-state index contributed by atoms with van der Waals surface area (Å²) in [7, 11) is 3.05. The molecule has 14 heteroatoms. The smallest absolute Gasteiger partial charge is 0.493 e. The number of alkyl halides is 3. The maximum absolute atomic E-state index is 12.8. The van der Waals surface area contributed by atoms with Gasteiger partial charge in [-0.25, -0.2) is 9.67 Å². The van der Waals surface area contributed by atoms with Crippen molar-refractivity contribution < 1.29 is 27.4 Å². The lowest BCUT2D eigenvalue weighted by Crippen LogP contribution is -2.17. The van der Waals surface area contributed by atoms with E-state index in [4.69, 9.17) is 9.47 Å². The van der Waals surface area contributed by atoms with E-state index < -0.39 is 12.1 Å². The maximum Gasteiger partial charge on any atom is 0.573 e. The van der Waals surface area contributed by atoms with Gasteiger partial charge in [0.2, 0.25) is 4.96 Å². The largest absolute Gasteiger partial charge is 0.573 e. The van der Waals surface area contributed by atoms with Gasteiger partial charge < -0.3 is 14.2 Å². The van der Waals surface area contributed by atoms with E-state index in [1.807, 2.05) is 0 Å². The first kappa shape index (κ1) is 21.6. The summed E-state index contributed by atoms with van der Waals surface area (Å²) in [6, 6.07) is 9.12. The van der Waals surface area contributed by atoms with E-state index in [1.165, 1.54) is 54.3 Å². The fourth-order valence-electron chi connectivity index (χ4n) is 3.30. The Bertz CT molecular complexity index is 1460. The van der Waals surface area contributed by atoms with E-state index in [9.17, 15) is 13.2 Å². The van der Waals surface area contributed by atoms with Gasteiger partial charge in [0.05, 0.1) is 19.9 Å². The average molecular weight is 489 g/mol. The van der Waals surface area contributed by atoms with Gasteiger partial charge in [0.15, 0.2) is 17.3 Å². The van der Waals surface area contributed by atoms with Crippen molar-refractivity contribution in [2.45, 2.75) is 6.36 Å². The third-order valence-electron chi connectivity index (χ3n) is 4.73. The molecule has 10 nitrogen and oxygen atoms in total. The van der Waals surface area contributed by atoms with Crippen molar-refractivity contribution in [2.75, 3.05) is 14.2 Å². The van der Waals surface area contributed by atoms with Crippen LogP contribution in [-0.4, -0.2) is 55.2 Å². The van der Waals surface area contributed by atoms with Gasteiger partial charge in [-0.05, 0) is 36.4 Å². The van der Waals surface area contributed by atoms with Crippen LogP contribution in [0.4, 0.5) is 13.2 Å². The molecular formula is C20H14F3N7O3S.